The normalized spacial score (nSPS) is 29.9. The summed E-state index contributed by atoms with van der Waals surface area (Å²) in [5.74, 6) is 0.681. The molecule has 1 amide bonds. The summed E-state index contributed by atoms with van der Waals surface area (Å²) in [5, 5.41) is 0. The molecule has 2 aliphatic rings. The van der Waals surface area contributed by atoms with Crippen molar-refractivity contribution in [2.75, 3.05) is 46.2 Å². The van der Waals surface area contributed by atoms with Crippen LogP contribution < -0.4 is 0 Å². The number of amides is 1. The number of ether oxygens (including phenoxy) is 1. The van der Waals surface area contributed by atoms with Crippen LogP contribution in [-0.4, -0.2) is 69.7 Å². The first-order chi connectivity index (χ1) is 10.2. The summed E-state index contributed by atoms with van der Waals surface area (Å²) in [5.41, 5.74) is -0.146. The van der Waals surface area contributed by atoms with Gasteiger partial charge in [-0.2, -0.15) is 0 Å². The maximum Gasteiger partial charge on any atom is 0.222 e. The molecule has 0 aromatic rings. The Morgan fingerprint density at radius 2 is 2.05 bits per heavy atom. The molecule has 0 spiro atoms. The van der Waals surface area contributed by atoms with Gasteiger partial charge in [-0.25, -0.2) is 12.7 Å². The molecule has 0 radical (unpaired) electrons. The number of hydrogen-bond donors (Lipinski definition) is 0. The van der Waals surface area contributed by atoms with Crippen LogP contribution in [0.5, 0.6) is 0 Å². The third-order valence-electron chi connectivity index (χ3n) is 4.94. The van der Waals surface area contributed by atoms with Gasteiger partial charge in [0.15, 0.2) is 0 Å². The summed E-state index contributed by atoms with van der Waals surface area (Å²) in [7, 11) is -1.54. The first-order valence-electron chi connectivity index (χ1n) is 7.90. The highest BCUT2D eigenvalue weighted by Gasteiger charge is 2.52. The van der Waals surface area contributed by atoms with E-state index in [1.807, 2.05) is 18.7 Å². The van der Waals surface area contributed by atoms with Gasteiger partial charge in [-0.1, -0.05) is 13.8 Å². The average Bonchev–Trinajstić information content (AvgIpc) is 2.76. The number of nitrogens with zero attached hydrogens (tertiary/aromatic N) is 2. The second kappa shape index (κ2) is 6.45. The molecular formula is C15H28N2O4S. The zero-order valence-electron chi connectivity index (χ0n) is 14.0. The maximum absolute atomic E-state index is 12.3. The van der Waals surface area contributed by atoms with Crippen LogP contribution in [0.15, 0.2) is 0 Å². The SMILES string of the molecule is COCC12CCN(C(=O)CC(C)C)CC1CN(S(C)(=O)=O)C2. The third-order valence-corrected chi connectivity index (χ3v) is 6.15. The number of rotatable bonds is 5. The smallest absolute Gasteiger partial charge is 0.222 e. The van der Waals surface area contributed by atoms with Crippen LogP contribution in [-0.2, 0) is 19.6 Å². The zero-order chi connectivity index (χ0) is 16.5. The fraction of sp³-hybridized carbons (Fsp3) is 0.933. The lowest BCUT2D eigenvalue weighted by Gasteiger charge is -2.43. The van der Waals surface area contributed by atoms with E-state index in [-0.39, 0.29) is 17.2 Å². The Morgan fingerprint density at radius 3 is 2.59 bits per heavy atom. The van der Waals surface area contributed by atoms with Gasteiger partial charge in [0.2, 0.25) is 15.9 Å². The van der Waals surface area contributed by atoms with Gasteiger partial charge in [-0.3, -0.25) is 4.79 Å². The molecule has 0 bridgehead atoms. The Kier molecular flexibility index (Phi) is 5.19. The van der Waals surface area contributed by atoms with Crippen molar-refractivity contribution in [3.63, 3.8) is 0 Å². The minimum absolute atomic E-state index is 0.146. The highest BCUT2D eigenvalue weighted by Crippen LogP contribution is 2.44. The molecule has 0 aliphatic carbocycles. The van der Waals surface area contributed by atoms with Gasteiger partial charge in [0.25, 0.3) is 0 Å². The molecule has 0 aromatic heterocycles. The largest absolute Gasteiger partial charge is 0.384 e. The summed E-state index contributed by atoms with van der Waals surface area (Å²) >= 11 is 0. The van der Waals surface area contributed by atoms with Crippen LogP contribution in [0.3, 0.4) is 0 Å². The van der Waals surface area contributed by atoms with E-state index in [1.165, 1.54) is 6.26 Å². The number of hydrogen-bond acceptors (Lipinski definition) is 4. The topological polar surface area (TPSA) is 66.9 Å². The van der Waals surface area contributed by atoms with E-state index >= 15 is 0 Å². The highest BCUT2D eigenvalue weighted by molar-refractivity contribution is 7.88. The second-order valence-electron chi connectivity index (χ2n) is 7.24. The molecule has 2 saturated heterocycles. The van der Waals surface area contributed by atoms with Gasteiger partial charge in [0, 0.05) is 45.1 Å². The first kappa shape index (κ1) is 17.7. The molecule has 0 N–H and O–H groups in total. The average molecular weight is 332 g/mol. The summed E-state index contributed by atoms with van der Waals surface area (Å²) < 4.78 is 30.7. The predicted molar refractivity (Wildman–Crippen MR) is 84.9 cm³/mol. The van der Waals surface area contributed by atoms with Crippen molar-refractivity contribution in [1.29, 1.82) is 0 Å². The van der Waals surface area contributed by atoms with Crippen molar-refractivity contribution in [3.05, 3.63) is 0 Å². The van der Waals surface area contributed by atoms with Crippen molar-refractivity contribution in [1.82, 2.24) is 9.21 Å². The van der Waals surface area contributed by atoms with E-state index in [2.05, 4.69) is 0 Å². The standard InChI is InChI=1S/C15H28N2O4S/c1-12(2)7-14(18)16-6-5-15(11-21-3)10-17(22(4,19)20)9-13(15)8-16/h12-13H,5-11H2,1-4H3. The van der Waals surface area contributed by atoms with E-state index in [0.717, 1.165) is 6.42 Å². The van der Waals surface area contributed by atoms with Gasteiger partial charge >= 0.3 is 0 Å². The minimum atomic E-state index is -3.20. The zero-order valence-corrected chi connectivity index (χ0v) is 14.9. The van der Waals surface area contributed by atoms with E-state index in [9.17, 15) is 13.2 Å². The quantitative estimate of drug-likeness (QED) is 0.746. The fourth-order valence-electron chi connectivity index (χ4n) is 3.71. The van der Waals surface area contributed by atoms with E-state index in [0.29, 0.717) is 45.1 Å². The molecule has 2 heterocycles. The lowest BCUT2D eigenvalue weighted by Crippen LogP contribution is -2.51. The Balaban J connectivity index is 2.13. The molecule has 0 aromatic carbocycles. The van der Waals surface area contributed by atoms with Crippen LogP contribution in [0.1, 0.15) is 26.7 Å². The number of piperidine rings is 1. The molecule has 2 unspecified atom stereocenters. The Hall–Kier alpha value is -0.660. The molecule has 22 heavy (non-hydrogen) atoms. The lowest BCUT2D eigenvalue weighted by molar-refractivity contribution is -0.136. The van der Waals surface area contributed by atoms with Crippen LogP contribution >= 0.6 is 0 Å². The Morgan fingerprint density at radius 1 is 1.36 bits per heavy atom. The predicted octanol–water partition coefficient (Wildman–Crippen LogP) is 0.789. The molecule has 2 aliphatic heterocycles. The molecule has 2 atom stereocenters. The van der Waals surface area contributed by atoms with Gasteiger partial charge < -0.3 is 9.64 Å². The summed E-state index contributed by atoms with van der Waals surface area (Å²) in [6, 6.07) is 0. The summed E-state index contributed by atoms with van der Waals surface area (Å²) in [6.45, 7) is 6.97. The van der Waals surface area contributed by atoms with Crippen LogP contribution in [0.4, 0.5) is 0 Å². The first-order valence-corrected chi connectivity index (χ1v) is 9.74. The van der Waals surface area contributed by atoms with E-state index in [1.54, 1.807) is 11.4 Å². The lowest BCUT2D eigenvalue weighted by atomic mass is 9.73. The second-order valence-corrected chi connectivity index (χ2v) is 9.22. The molecule has 2 rings (SSSR count). The van der Waals surface area contributed by atoms with Crippen LogP contribution in [0, 0.1) is 17.3 Å². The number of methoxy groups -OCH3 is 1. The van der Waals surface area contributed by atoms with E-state index in [4.69, 9.17) is 4.74 Å². The molecule has 7 heteroatoms. The van der Waals surface area contributed by atoms with Crippen LogP contribution in [0.25, 0.3) is 0 Å². The Labute approximate surface area is 133 Å². The maximum atomic E-state index is 12.3. The minimum Gasteiger partial charge on any atom is -0.384 e. The van der Waals surface area contributed by atoms with Gasteiger partial charge in [0.1, 0.15) is 0 Å². The van der Waals surface area contributed by atoms with Gasteiger partial charge in [0.05, 0.1) is 12.9 Å². The van der Waals surface area contributed by atoms with Gasteiger partial charge in [-0.15, -0.1) is 0 Å². The van der Waals surface area contributed by atoms with Crippen LogP contribution in [0.2, 0.25) is 0 Å². The molecule has 2 fully saturated rings. The van der Waals surface area contributed by atoms with E-state index < -0.39 is 10.0 Å². The van der Waals surface area contributed by atoms with Crippen molar-refractivity contribution < 1.29 is 17.9 Å². The van der Waals surface area contributed by atoms with Crippen molar-refractivity contribution >= 4 is 15.9 Å². The molecule has 0 saturated carbocycles. The number of carbonyl (C=O) groups is 1. The number of sulfonamides is 1. The highest BCUT2D eigenvalue weighted by atomic mass is 32.2. The number of carbonyl (C=O) groups excluding carboxylic acids is 1. The molecular weight excluding hydrogens is 304 g/mol. The summed E-state index contributed by atoms with van der Waals surface area (Å²) in [4.78, 5) is 14.2. The number of likely N-dealkylation sites (tertiary alicyclic amines) is 1. The fourth-order valence-corrected chi connectivity index (χ4v) is 4.66. The summed E-state index contributed by atoms with van der Waals surface area (Å²) in [6.07, 6.45) is 2.62. The number of fused-ring (bicyclic) bond motifs is 1. The monoisotopic (exact) mass is 332 g/mol. The van der Waals surface area contributed by atoms with Gasteiger partial charge in [-0.05, 0) is 18.3 Å². The third kappa shape index (κ3) is 3.63. The molecule has 6 nitrogen and oxygen atoms in total. The molecule has 128 valence electrons. The van der Waals surface area contributed by atoms with Crippen molar-refractivity contribution in [2.24, 2.45) is 17.3 Å². The van der Waals surface area contributed by atoms with Crippen molar-refractivity contribution in [3.8, 4) is 0 Å². The Bertz CT molecular complexity index is 520. The van der Waals surface area contributed by atoms with Crippen molar-refractivity contribution in [2.45, 2.75) is 26.7 Å².